The highest BCUT2D eigenvalue weighted by atomic mass is 16.1. The molecule has 1 saturated carbocycles. The number of hydrogen-bond acceptors (Lipinski definition) is 2. The van der Waals surface area contributed by atoms with Crippen molar-refractivity contribution in [3.63, 3.8) is 0 Å². The number of ketones is 2. The molecule has 0 saturated heterocycles. The molecule has 1 aliphatic rings. The Hall–Kier alpha value is -0.660. The Morgan fingerprint density at radius 1 is 0.833 bits per heavy atom. The molecule has 0 aliphatic heterocycles. The summed E-state index contributed by atoms with van der Waals surface area (Å²) in [6.45, 7) is 8.00. The zero-order valence-corrected chi connectivity index (χ0v) is 8.64. The van der Waals surface area contributed by atoms with Crippen molar-refractivity contribution in [1.82, 2.24) is 0 Å². The van der Waals surface area contributed by atoms with Crippen LogP contribution in [0.2, 0.25) is 0 Å². The number of hydrogen-bond donors (Lipinski definition) is 0. The third kappa shape index (κ3) is 7.45. The van der Waals surface area contributed by atoms with Crippen LogP contribution in [-0.4, -0.2) is 11.6 Å². The van der Waals surface area contributed by atoms with Gasteiger partial charge in [0.2, 0.25) is 0 Å². The molecule has 0 atom stereocenters. The molecular weight excluding hydrogens is 152 g/mol. The summed E-state index contributed by atoms with van der Waals surface area (Å²) >= 11 is 0. The number of carbonyl (C=O) groups is 2. The van der Waals surface area contributed by atoms with Crippen molar-refractivity contribution < 1.29 is 9.59 Å². The van der Waals surface area contributed by atoms with Gasteiger partial charge in [0.25, 0.3) is 0 Å². The van der Waals surface area contributed by atoms with Gasteiger partial charge in [0.05, 0.1) is 6.42 Å². The molecule has 0 radical (unpaired) electrons. The lowest BCUT2D eigenvalue weighted by molar-refractivity contribution is -0.129. The van der Waals surface area contributed by atoms with Crippen molar-refractivity contribution in [1.29, 1.82) is 0 Å². The van der Waals surface area contributed by atoms with Gasteiger partial charge < -0.3 is 0 Å². The summed E-state index contributed by atoms with van der Waals surface area (Å²) in [6, 6.07) is 0. The van der Waals surface area contributed by atoms with Crippen LogP contribution >= 0.6 is 0 Å². The van der Waals surface area contributed by atoms with Gasteiger partial charge in [0.1, 0.15) is 11.6 Å². The molecule has 1 fully saturated rings. The van der Waals surface area contributed by atoms with E-state index in [0.717, 1.165) is 6.42 Å². The molecule has 0 aromatic carbocycles. The topological polar surface area (TPSA) is 34.1 Å². The minimum atomic E-state index is 0.112. The van der Waals surface area contributed by atoms with E-state index in [-0.39, 0.29) is 18.0 Å². The van der Waals surface area contributed by atoms with Gasteiger partial charge in [-0.15, -0.1) is 0 Å². The largest absolute Gasteiger partial charge is 0.299 e. The molecule has 2 nitrogen and oxygen atoms in total. The average molecular weight is 172 g/mol. The van der Waals surface area contributed by atoms with E-state index in [1.807, 2.05) is 27.7 Å². The third-order valence-electron chi connectivity index (χ3n) is 1.31. The summed E-state index contributed by atoms with van der Waals surface area (Å²) in [4.78, 5) is 20.9. The SMILES string of the molecule is CC.CC.O=C1CCCC(=O)C1. The van der Waals surface area contributed by atoms with Crippen LogP contribution in [0.25, 0.3) is 0 Å². The van der Waals surface area contributed by atoms with E-state index in [9.17, 15) is 9.59 Å². The second-order valence-corrected chi connectivity index (χ2v) is 2.11. The molecule has 2 heteroatoms. The summed E-state index contributed by atoms with van der Waals surface area (Å²) in [7, 11) is 0. The van der Waals surface area contributed by atoms with Crippen molar-refractivity contribution in [2.75, 3.05) is 0 Å². The maximum absolute atomic E-state index is 10.5. The minimum Gasteiger partial charge on any atom is -0.299 e. The monoisotopic (exact) mass is 172 g/mol. The van der Waals surface area contributed by atoms with E-state index < -0.39 is 0 Å². The fourth-order valence-electron chi connectivity index (χ4n) is 0.879. The first-order chi connectivity index (χ1) is 5.79. The van der Waals surface area contributed by atoms with Gasteiger partial charge in [-0.1, -0.05) is 27.7 Å². The smallest absolute Gasteiger partial charge is 0.140 e. The summed E-state index contributed by atoms with van der Waals surface area (Å²) in [5.74, 6) is 0.225. The van der Waals surface area contributed by atoms with E-state index in [1.165, 1.54) is 0 Å². The van der Waals surface area contributed by atoms with Crippen molar-refractivity contribution >= 4 is 11.6 Å². The van der Waals surface area contributed by atoms with Crippen LogP contribution in [-0.2, 0) is 9.59 Å². The molecule has 72 valence electrons. The van der Waals surface area contributed by atoms with E-state index >= 15 is 0 Å². The van der Waals surface area contributed by atoms with Gasteiger partial charge in [-0.3, -0.25) is 9.59 Å². The molecule has 0 heterocycles. The Morgan fingerprint density at radius 2 is 1.17 bits per heavy atom. The second kappa shape index (κ2) is 10.3. The fourth-order valence-corrected chi connectivity index (χ4v) is 0.879. The summed E-state index contributed by atoms with van der Waals surface area (Å²) in [6.07, 6.45) is 2.20. The lowest BCUT2D eigenvalue weighted by Crippen LogP contribution is -2.13. The molecule has 0 unspecified atom stereocenters. The van der Waals surface area contributed by atoms with Gasteiger partial charge in [0.15, 0.2) is 0 Å². The Kier molecular flexibility index (Phi) is 12.0. The molecule has 12 heavy (non-hydrogen) atoms. The van der Waals surface area contributed by atoms with Crippen LogP contribution in [0.1, 0.15) is 53.4 Å². The normalized spacial score (nSPS) is 15.3. The van der Waals surface area contributed by atoms with Crippen LogP contribution in [0.3, 0.4) is 0 Å². The first kappa shape index (κ1) is 13.9. The predicted octanol–water partition coefficient (Wildman–Crippen LogP) is 2.75. The van der Waals surface area contributed by atoms with Gasteiger partial charge in [-0.2, -0.15) is 0 Å². The Morgan fingerprint density at radius 3 is 1.33 bits per heavy atom. The highest BCUT2D eigenvalue weighted by Gasteiger charge is 2.14. The van der Waals surface area contributed by atoms with Crippen molar-refractivity contribution in [2.45, 2.75) is 53.4 Å². The highest BCUT2D eigenvalue weighted by molar-refractivity contribution is 6.01. The van der Waals surface area contributed by atoms with Crippen LogP contribution in [0.15, 0.2) is 0 Å². The Balaban J connectivity index is 0. The molecule has 0 N–H and O–H groups in total. The maximum Gasteiger partial charge on any atom is 0.140 e. The Labute approximate surface area is 75.4 Å². The predicted molar refractivity (Wildman–Crippen MR) is 51.2 cm³/mol. The first-order valence-corrected chi connectivity index (χ1v) is 4.82. The van der Waals surface area contributed by atoms with Crippen LogP contribution in [0, 0.1) is 0 Å². The van der Waals surface area contributed by atoms with Crippen LogP contribution in [0.5, 0.6) is 0 Å². The molecule has 1 rings (SSSR count). The summed E-state index contributed by atoms with van der Waals surface area (Å²) < 4.78 is 0. The quantitative estimate of drug-likeness (QED) is 0.526. The number of Topliss-reactive ketones (excluding diaryl/α,β-unsaturated/α-hetero) is 2. The van der Waals surface area contributed by atoms with E-state index in [2.05, 4.69) is 0 Å². The highest BCUT2D eigenvalue weighted by Crippen LogP contribution is 2.09. The molecule has 0 aromatic heterocycles. The van der Waals surface area contributed by atoms with Crippen molar-refractivity contribution in [2.24, 2.45) is 0 Å². The van der Waals surface area contributed by atoms with Gasteiger partial charge in [0, 0.05) is 12.8 Å². The fraction of sp³-hybridized carbons (Fsp3) is 0.800. The van der Waals surface area contributed by atoms with Gasteiger partial charge in [-0.05, 0) is 6.42 Å². The minimum absolute atomic E-state index is 0.112. The molecule has 1 aliphatic carbocycles. The van der Waals surface area contributed by atoms with Gasteiger partial charge >= 0.3 is 0 Å². The van der Waals surface area contributed by atoms with Crippen molar-refractivity contribution in [3.8, 4) is 0 Å². The number of carbonyl (C=O) groups excluding carboxylic acids is 2. The zero-order chi connectivity index (χ0) is 9.98. The third-order valence-corrected chi connectivity index (χ3v) is 1.31. The maximum atomic E-state index is 10.5. The standard InChI is InChI=1S/C6H8O2.2C2H6/c7-5-2-1-3-6(8)4-5;2*1-2/h1-4H2;2*1-2H3. The summed E-state index contributed by atoms with van der Waals surface area (Å²) in [5.41, 5.74) is 0. The molecule has 0 aromatic rings. The Bertz CT molecular complexity index is 114. The first-order valence-electron chi connectivity index (χ1n) is 4.82. The van der Waals surface area contributed by atoms with Gasteiger partial charge in [-0.25, -0.2) is 0 Å². The van der Waals surface area contributed by atoms with Crippen molar-refractivity contribution in [3.05, 3.63) is 0 Å². The molecular formula is C10H20O2. The van der Waals surface area contributed by atoms with Crippen LogP contribution < -0.4 is 0 Å². The molecule has 0 amide bonds. The zero-order valence-electron chi connectivity index (χ0n) is 8.64. The van der Waals surface area contributed by atoms with E-state index in [0.29, 0.717) is 12.8 Å². The van der Waals surface area contributed by atoms with Crippen LogP contribution in [0.4, 0.5) is 0 Å². The lowest BCUT2D eigenvalue weighted by Gasteiger charge is -2.04. The lowest BCUT2D eigenvalue weighted by atomic mass is 9.98. The second-order valence-electron chi connectivity index (χ2n) is 2.11. The number of rotatable bonds is 0. The summed E-state index contributed by atoms with van der Waals surface area (Å²) in [5, 5.41) is 0. The molecule has 0 bridgehead atoms. The van der Waals surface area contributed by atoms with E-state index in [4.69, 9.17) is 0 Å². The average Bonchev–Trinajstić information content (AvgIpc) is 2.11. The molecule has 0 spiro atoms. The van der Waals surface area contributed by atoms with E-state index in [1.54, 1.807) is 0 Å².